The van der Waals surface area contributed by atoms with E-state index in [-0.39, 0.29) is 24.4 Å². The summed E-state index contributed by atoms with van der Waals surface area (Å²) in [6, 6.07) is 0. The molecule has 152 valence electrons. The molecule has 0 aromatic heterocycles. The predicted octanol–water partition coefficient (Wildman–Crippen LogP) is 4.22. The summed E-state index contributed by atoms with van der Waals surface area (Å²) in [5.74, 6) is 0. The van der Waals surface area contributed by atoms with E-state index in [1.807, 2.05) is 69.2 Å². The molecule has 0 bridgehead atoms. The van der Waals surface area contributed by atoms with Crippen LogP contribution in [0.25, 0.3) is 0 Å². The molecular weight excluding hydrogens is 320 g/mol. The Balaban J connectivity index is 4.74. The minimum atomic E-state index is -0.490. The minimum absolute atomic E-state index is 0.104. The summed E-state index contributed by atoms with van der Waals surface area (Å²) >= 11 is 0. The zero-order chi connectivity index (χ0) is 19.7. The van der Waals surface area contributed by atoms with Crippen molar-refractivity contribution in [3.8, 4) is 0 Å². The number of hydrogen-bond acceptors (Lipinski definition) is 5. The van der Waals surface area contributed by atoms with Crippen LogP contribution >= 0.6 is 0 Å². The molecule has 0 amide bonds. The lowest BCUT2D eigenvalue weighted by atomic mass is 10.1. The highest BCUT2D eigenvalue weighted by Gasteiger charge is 2.32. The third kappa shape index (κ3) is 12.7. The van der Waals surface area contributed by atoms with Crippen molar-refractivity contribution in [2.75, 3.05) is 26.4 Å². The number of ether oxygens (including phenoxy) is 5. The van der Waals surface area contributed by atoms with Crippen LogP contribution in [0.3, 0.4) is 0 Å². The van der Waals surface area contributed by atoms with Crippen LogP contribution in [0.4, 0.5) is 0 Å². The first-order valence-electron chi connectivity index (χ1n) is 9.54. The second-order valence-corrected chi connectivity index (χ2v) is 8.45. The SMILES string of the molecule is CC(C)OCC(C)(COCC(C)(COC(C)C)OC(C)C)OC(C)C. The van der Waals surface area contributed by atoms with Crippen LogP contribution in [-0.4, -0.2) is 62.0 Å². The zero-order valence-corrected chi connectivity index (χ0v) is 18.2. The van der Waals surface area contributed by atoms with E-state index in [0.717, 1.165) is 0 Å². The summed E-state index contributed by atoms with van der Waals surface area (Å²) in [5, 5.41) is 0. The molecule has 0 aromatic carbocycles. The lowest BCUT2D eigenvalue weighted by Crippen LogP contribution is -2.46. The van der Waals surface area contributed by atoms with Crippen molar-refractivity contribution in [3.63, 3.8) is 0 Å². The highest BCUT2D eigenvalue weighted by Crippen LogP contribution is 2.20. The predicted molar refractivity (Wildman–Crippen MR) is 102 cm³/mol. The molecule has 0 spiro atoms. The van der Waals surface area contributed by atoms with E-state index in [9.17, 15) is 0 Å². The lowest BCUT2D eigenvalue weighted by molar-refractivity contribution is -0.186. The van der Waals surface area contributed by atoms with E-state index >= 15 is 0 Å². The van der Waals surface area contributed by atoms with Gasteiger partial charge in [0.1, 0.15) is 11.2 Å². The molecular formula is C20H42O5. The fraction of sp³-hybridized carbons (Fsp3) is 1.00. The van der Waals surface area contributed by atoms with Gasteiger partial charge in [-0.2, -0.15) is 0 Å². The second-order valence-electron chi connectivity index (χ2n) is 8.45. The van der Waals surface area contributed by atoms with E-state index in [1.54, 1.807) is 0 Å². The Labute approximate surface area is 155 Å². The zero-order valence-electron chi connectivity index (χ0n) is 18.2. The summed E-state index contributed by atoms with van der Waals surface area (Å²) in [4.78, 5) is 0. The Morgan fingerprint density at radius 2 is 0.840 bits per heavy atom. The molecule has 0 N–H and O–H groups in total. The van der Waals surface area contributed by atoms with Gasteiger partial charge >= 0.3 is 0 Å². The average Bonchev–Trinajstić information content (AvgIpc) is 2.41. The maximum atomic E-state index is 6.06. The Morgan fingerprint density at radius 3 is 1.08 bits per heavy atom. The van der Waals surface area contributed by atoms with Crippen LogP contribution in [0.15, 0.2) is 0 Å². The highest BCUT2D eigenvalue weighted by molar-refractivity contribution is 4.80. The van der Waals surface area contributed by atoms with Gasteiger partial charge in [0.05, 0.1) is 50.8 Å². The molecule has 0 aromatic rings. The van der Waals surface area contributed by atoms with Gasteiger partial charge in [0.25, 0.3) is 0 Å². The Bertz CT molecular complexity index is 311. The van der Waals surface area contributed by atoms with Gasteiger partial charge in [0.2, 0.25) is 0 Å². The average molecular weight is 363 g/mol. The maximum Gasteiger partial charge on any atom is 0.112 e. The van der Waals surface area contributed by atoms with Gasteiger partial charge in [-0.3, -0.25) is 0 Å². The standard InChI is InChI=1S/C20H42O5/c1-15(2)22-13-19(9,24-17(5)6)11-21-12-20(10,25-18(7)8)14-23-16(3)4/h15-18H,11-14H2,1-10H3. The van der Waals surface area contributed by atoms with Gasteiger partial charge in [-0.25, -0.2) is 0 Å². The minimum Gasteiger partial charge on any atom is -0.376 e. The molecule has 0 rings (SSSR count). The normalized spacial score (nSPS) is 17.5. The molecule has 0 saturated heterocycles. The van der Waals surface area contributed by atoms with E-state index in [2.05, 4.69) is 0 Å². The summed E-state index contributed by atoms with van der Waals surface area (Å²) in [5.41, 5.74) is -0.980. The quantitative estimate of drug-likeness (QED) is 0.463. The van der Waals surface area contributed by atoms with Gasteiger partial charge < -0.3 is 23.7 Å². The maximum absolute atomic E-state index is 6.06. The number of hydrogen-bond donors (Lipinski definition) is 0. The summed E-state index contributed by atoms with van der Waals surface area (Å²) in [6.07, 6.45) is 0.520. The van der Waals surface area contributed by atoms with Crippen LogP contribution < -0.4 is 0 Å². The molecule has 0 aliphatic carbocycles. The van der Waals surface area contributed by atoms with Gasteiger partial charge in [0.15, 0.2) is 0 Å². The van der Waals surface area contributed by atoms with Crippen molar-refractivity contribution in [3.05, 3.63) is 0 Å². The first-order valence-corrected chi connectivity index (χ1v) is 9.54. The molecule has 5 heteroatoms. The van der Waals surface area contributed by atoms with E-state index in [0.29, 0.717) is 26.4 Å². The largest absolute Gasteiger partial charge is 0.376 e. The molecule has 0 saturated carbocycles. The summed E-state index contributed by atoms with van der Waals surface area (Å²) < 4.78 is 29.7. The van der Waals surface area contributed by atoms with Gasteiger partial charge in [0, 0.05) is 0 Å². The van der Waals surface area contributed by atoms with Crippen LogP contribution in [0.5, 0.6) is 0 Å². The first kappa shape index (κ1) is 24.8. The van der Waals surface area contributed by atoms with Crippen molar-refractivity contribution in [1.29, 1.82) is 0 Å². The third-order valence-electron chi connectivity index (χ3n) is 3.30. The topological polar surface area (TPSA) is 46.2 Å². The molecule has 2 atom stereocenters. The molecule has 0 fully saturated rings. The first-order chi connectivity index (χ1) is 11.4. The summed E-state index contributed by atoms with van der Waals surface area (Å²) in [7, 11) is 0. The fourth-order valence-corrected chi connectivity index (χ4v) is 2.53. The van der Waals surface area contributed by atoms with Crippen LogP contribution in [0.2, 0.25) is 0 Å². The fourth-order valence-electron chi connectivity index (χ4n) is 2.53. The lowest BCUT2D eigenvalue weighted by Gasteiger charge is -2.36. The Kier molecular flexibility index (Phi) is 11.4. The smallest absolute Gasteiger partial charge is 0.112 e. The van der Waals surface area contributed by atoms with Crippen molar-refractivity contribution < 1.29 is 23.7 Å². The van der Waals surface area contributed by atoms with Crippen molar-refractivity contribution in [2.45, 2.75) is 105 Å². The van der Waals surface area contributed by atoms with Gasteiger partial charge in [-0.1, -0.05) is 0 Å². The van der Waals surface area contributed by atoms with Crippen molar-refractivity contribution in [1.82, 2.24) is 0 Å². The third-order valence-corrected chi connectivity index (χ3v) is 3.30. The second kappa shape index (κ2) is 11.5. The van der Waals surface area contributed by atoms with Crippen LogP contribution in [-0.2, 0) is 23.7 Å². The van der Waals surface area contributed by atoms with E-state index in [4.69, 9.17) is 23.7 Å². The molecule has 0 heterocycles. The molecule has 2 unspecified atom stereocenters. The summed E-state index contributed by atoms with van der Waals surface area (Å²) in [6.45, 7) is 22.1. The van der Waals surface area contributed by atoms with Crippen LogP contribution in [0.1, 0.15) is 69.2 Å². The Morgan fingerprint density at radius 1 is 0.520 bits per heavy atom. The molecule has 25 heavy (non-hydrogen) atoms. The van der Waals surface area contributed by atoms with Gasteiger partial charge in [-0.15, -0.1) is 0 Å². The number of rotatable bonds is 14. The van der Waals surface area contributed by atoms with Gasteiger partial charge in [-0.05, 0) is 69.2 Å². The van der Waals surface area contributed by atoms with Crippen molar-refractivity contribution in [2.24, 2.45) is 0 Å². The van der Waals surface area contributed by atoms with E-state index < -0.39 is 11.2 Å². The van der Waals surface area contributed by atoms with Crippen molar-refractivity contribution >= 4 is 0 Å². The molecule has 5 nitrogen and oxygen atoms in total. The van der Waals surface area contributed by atoms with E-state index in [1.165, 1.54) is 0 Å². The Hall–Kier alpha value is -0.200. The molecule has 0 radical (unpaired) electrons. The monoisotopic (exact) mass is 362 g/mol. The molecule has 0 aliphatic heterocycles. The molecule has 0 aliphatic rings. The highest BCUT2D eigenvalue weighted by atomic mass is 16.6. The van der Waals surface area contributed by atoms with Crippen LogP contribution in [0, 0.1) is 0 Å².